The molecule has 21 heavy (non-hydrogen) atoms. The zero-order valence-electron chi connectivity index (χ0n) is 13.3. The van der Waals surface area contributed by atoms with E-state index in [-0.39, 0.29) is 11.5 Å². The van der Waals surface area contributed by atoms with Crippen molar-refractivity contribution in [3.63, 3.8) is 0 Å². The number of aryl methyl sites for hydroxylation is 1. The molecule has 3 rings (SSSR count). The van der Waals surface area contributed by atoms with E-state index in [2.05, 4.69) is 29.8 Å². The maximum absolute atomic E-state index is 13.2. The number of aromatic nitrogens is 1. The van der Waals surface area contributed by atoms with Gasteiger partial charge in [0.05, 0.1) is 17.2 Å². The summed E-state index contributed by atoms with van der Waals surface area (Å²) in [7, 11) is 0. The van der Waals surface area contributed by atoms with Crippen LogP contribution in [0.25, 0.3) is 0 Å². The Morgan fingerprint density at radius 1 is 1.24 bits per heavy atom. The van der Waals surface area contributed by atoms with Gasteiger partial charge >= 0.3 is 0 Å². The molecule has 1 unspecified atom stereocenters. The molecule has 0 aromatic carbocycles. The highest BCUT2D eigenvalue weighted by Crippen LogP contribution is 2.36. The summed E-state index contributed by atoms with van der Waals surface area (Å²) >= 11 is 0. The Balaban J connectivity index is 1.81. The average Bonchev–Trinajstić information content (AvgIpc) is 2.71. The highest BCUT2D eigenvalue weighted by atomic mass is 16.1. The molecule has 1 atom stereocenters. The first kappa shape index (κ1) is 14.7. The third-order valence-electron chi connectivity index (χ3n) is 5.27. The molecule has 1 aliphatic heterocycles. The van der Waals surface area contributed by atoms with Crippen LogP contribution in [0.4, 0.5) is 0 Å². The summed E-state index contributed by atoms with van der Waals surface area (Å²) in [5.41, 5.74) is 1.93. The van der Waals surface area contributed by atoms with Gasteiger partial charge in [-0.05, 0) is 64.3 Å². The van der Waals surface area contributed by atoms with Crippen LogP contribution < -0.4 is 0 Å². The van der Waals surface area contributed by atoms with E-state index in [0.717, 1.165) is 31.6 Å². The van der Waals surface area contributed by atoms with E-state index in [4.69, 9.17) is 0 Å². The topological polar surface area (TPSA) is 33.2 Å². The first-order valence-corrected chi connectivity index (χ1v) is 8.34. The maximum Gasteiger partial charge on any atom is 0.161 e. The largest absolute Gasteiger partial charge is 0.297 e. The van der Waals surface area contributed by atoms with Crippen LogP contribution in [-0.2, 0) is 11.2 Å². The van der Waals surface area contributed by atoms with E-state index in [1.54, 1.807) is 0 Å². The van der Waals surface area contributed by atoms with Gasteiger partial charge < -0.3 is 0 Å². The number of likely N-dealkylation sites (tertiary alicyclic amines) is 1. The van der Waals surface area contributed by atoms with Crippen LogP contribution in [0.3, 0.4) is 0 Å². The number of nitrogens with zero attached hydrogens (tertiary/aromatic N) is 2. The van der Waals surface area contributed by atoms with Crippen LogP contribution >= 0.6 is 0 Å². The van der Waals surface area contributed by atoms with Gasteiger partial charge in [0.2, 0.25) is 0 Å². The lowest BCUT2D eigenvalue weighted by Gasteiger charge is -2.38. The number of fused-ring (bicyclic) bond motifs is 1. The highest BCUT2D eigenvalue weighted by molar-refractivity contribution is 5.94. The highest BCUT2D eigenvalue weighted by Gasteiger charge is 2.41. The Morgan fingerprint density at radius 3 is 2.67 bits per heavy atom. The predicted molar refractivity (Wildman–Crippen MR) is 84.4 cm³/mol. The van der Waals surface area contributed by atoms with Crippen molar-refractivity contribution in [2.45, 2.75) is 63.8 Å². The fraction of sp³-hybridized carbons (Fsp3) is 0.667. The summed E-state index contributed by atoms with van der Waals surface area (Å²) in [6.07, 6.45) is 8.79. The smallest absolute Gasteiger partial charge is 0.161 e. The summed E-state index contributed by atoms with van der Waals surface area (Å²) < 4.78 is 0. The molecule has 2 heterocycles. The van der Waals surface area contributed by atoms with Crippen LogP contribution in [0, 0.1) is 0 Å². The van der Waals surface area contributed by atoms with Gasteiger partial charge in [-0.2, -0.15) is 0 Å². The van der Waals surface area contributed by atoms with Gasteiger partial charge in [-0.3, -0.25) is 14.7 Å². The zero-order valence-corrected chi connectivity index (χ0v) is 13.3. The van der Waals surface area contributed by atoms with Gasteiger partial charge in [-0.25, -0.2) is 0 Å². The van der Waals surface area contributed by atoms with Crippen LogP contribution in [0.15, 0.2) is 18.3 Å². The molecule has 1 aromatic heterocycles. The van der Waals surface area contributed by atoms with Crippen LogP contribution in [-0.4, -0.2) is 34.3 Å². The third kappa shape index (κ3) is 2.76. The van der Waals surface area contributed by atoms with E-state index in [1.165, 1.54) is 31.2 Å². The second kappa shape index (κ2) is 5.88. The summed E-state index contributed by atoms with van der Waals surface area (Å²) in [5.74, 6) is 0.362. The number of ketones is 1. The van der Waals surface area contributed by atoms with Gasteiger partial charge in [-0.15, -0.1) is 0 Å². The van der Waals surface area contributed by atoms with E-state index >= 15 is 0 Å². The standard InChI is InChI=1S/C18H26N2O/c1-18(2,20-12-5-3-4-6-13-20)17(21)15-10-9-14-8-7-11-19-16(14)15/h7-8,11,15H,3-6,9-10,12-13H2,1-2H3. The van der Waals surface area contributed by atoms with E-state index < -0.39 is 0 Å². The predicted octanol–water partition coefficient (Wildman–Crippen LogP) is 3.34. The van der Waals surface area contributed by atoms with Gasteiger partial charge in [0.1, 0.15) is 0 Å². The first-order chi connectivity index (χ1) is 10.1. The molecule has 0 spiro atoms. The van der Waals surface area contributed by atoms with E-state index in [9.17, 15) is 4.79 Å². The minimum absolute atomic E-state index is 0.000506. The van der Waals surface area contributed by atoms with Gasteiger partial charge in [0, 0.05) is 6.20 Å². The molecular formula is C18H26N2O. The number of hydrogen-bond acceptors (Lipinski definition) is 3. The molecule has 3 heteroatoms. The van der Waals surface area contributed by atoms with Crippen LogP contribution in [0.2, 0.25) is 0 Å². The van der Waals surface area contributed by atoms with Crippen molar-refractivity contribution in [1.82, 2.24) is 9.88 Å². The number of carbonyl (C=O) groups excluding carboxylic acids is 1. The van der Waals surface area contributed by atoms with Crippen molar-refractivity contribution in [1.29, 1.82) is 0 Å². The molecule has 114 valence electrons. The quantitative estimate of drug-likeness (QED) is 0.854. The van der Waals surface area contributed by atoms with Crippen molar-refractivity contribution in [3.05, 3.63) is 29.6 Å². The molecule has 1 fully saturated rings. The summed E-state index contributed by atoms with van der Waals surface area (Å²) in [6.45, 7) is 6.34. The monoisotopic (exact) mass is 286 g/mol. The van der Waals surface area contributed by atoms with Crippen molar-refractivity contribution >= 4 is 5.78 Å². The minimum atomic E-state index is -0.367. The Bertz CT molecular complexity index is 516. The summed E-state index contributed by atoms with van der Waals surface area (Å²) in [6, 6.07) is 4.10. The van der Waals surface area contributed by atoms with Gasteiger partial charge in [0.25, 0.3) is 0 Å². The van der Waals surface area contributed by atoms with E-state index in [0.29, 0.717) is 5.78 Å². The Morgan fingerprint density at radius 2 is 1.95 bits per heavy atom. The lowest BCUT2D eigenvalue weighted by molar-refractivity contribution is -0.131. The Hall–Kier alpha value is -1.22. The van der Waals surface area contributed by atoms with Gasteiger partial charge in [0.15, 0.2) is 5.78 Å². The first-order valence-electron chi connectivity index (χ1n) is 8.34. The molecule has 1 aromatic rings. The number of pyridine rings is 1. The number of Topliss-reactive ketones (excluding diaryl/α,β-unsaturated/α-hetero) is 1. The SMILES string of the molecule is CC(C)(C(=O)C1CCc2cccnc21)N1CCCCCC1. The molecule has 3 nitrogen and oxygen atoms in total. The fourth-order valence-corrected chi connectivity index (χ4v) is 3.88. The molecule has 0 amide bonds. The normalized spacial score (nSPS) is 23.6. The molecule has 0 N–H and O–H groups in total. The van der Waals surface area contributed by atoms with Crippen LogP contribution in [0.5, 0.6) is 0 Å². The maximum atomic E-state index is 13.2. The zero-order chi connectivity index (χ0) is 14.9. The van der Waals surface area contributed by atoms with Crippen molar-refractivity contribution in [2.75, 3.05) is 13.1 Å². The molecule has 0 bridgehead atoms. The Kier molecular flexibility index (Phi) is 4.12. The number of rotatable bonds is 3. The minimum Gasteiger partial charge on any atom is -0.297 e. The number of carbonyl (C=O) groups is 1. The molecule has 2 aliphatic rings. The molecule has 1 saturated heterocycles. The van der Waals surface area contributed by atoms with Crippen LogP contribution in [0.1, 0.15) is 63.1 Å². The lowest BCUT2D eigenvalue weighted by atomic mass is 9.85. The second-order valence-electron chi connectivity index (χ2n) is 6.96. The molecule has 0 radical (unpaired) electrons. The number of hydrogen-bond donors (Lipinski definition) is 0. The third-order valence-corrected chi connectivity index (χ3v) is 5.27. The molecule has 0 saturated carbocycles. The second-order valence-corrected chi connectivity index (χ2v) is 6.96. The Labute approximate surface area is 127 Å². The van der Waals surface area contributed by atoms with Crippen molar-refractivity contribution in [2.24, 2.45) is 0 Å². The molecule has 1 aliphatic carbocycles. The summed E-state index contributed by atoms with van der Waals surface area (Å²) in [4.78, 5) is 20.1. The van der Waals surface area contributed by atoms with Crippen molar-refractivity contribution in [3.8, 4) is 0 Å². The average molecular weight is 286 g/mol. The fourth-order valence-electron chi connectivity index (χ4n) is 3.88. The summed E-state index contributed by atoms with van der Waals surface area (Å²) in [5, 5.41) is 0. The van der Waals surface area contributed by atoms with E-state index in [1.807, 2.05) is 12.3 Å². The van der Waals surface area contributed by atoms with Crippen molar-refractivity contribution < 1.29 is 4.79 Å². The molecular weight excluding hydrogens is 260 g/mol. The lowest BCUT2D eigenvalue weighted by Crippen LogP contribution is -2.52. The van der Waals surface area contributed by atoms with Gasteiger partial charge in [-0.1, -0.05) is 18.9 Å².